The lowest BCUT2D eigenvalue weighted by Gasteiger charge is -2.23. The van der Waals surface area contributed by atoms with Crippen molar-refractivity contribution in [2.24, 2.45) is 0 Å². The van der Waals surface area contributed by atoms with Crippen LogP contribution in [0.1, 0.15) is 18.4 Å². The Balaban J connectivity index is 2.56. The Labute approximate surface area is 125 Å². The van der Waals surface area contributed by atoms with E-state index >= 15 is 0 Å². The highest BCUT2D eigenvalue weighted by molar-refractivity contribution is 5.48. The van der Waals surface area contributed by atoms with Gasteiger partial charge >= 0.3 is 5.70 Å². The molecule has 118 valence electrons. The van der Waals surface area contributed by atoms with Crippen molar-refractivity contribution in [3.05, 3.63) is 55.6 Å². The Bertz CT molecular complexity index is 643. The zero-order chi connectivity index (χ0) is 16.3. The molecule has 0 amide bonds. The van der Waals surface area contributed by atoms with Crippen molar-refractivity contribution in [1.82, 2.24) is 5.32 Å². The van der Waals surface area contributed by atoms with Gasteiger partial charge in [0.05, 0.1) is 11.5 Å². The number of rotatable bonds is 6. The molecule has 1 aromatic carbocycles. The van der Waals surface area contributed by atoms with Crippen LogP contribution in [0, 0.1) is 20.2 Å². The van der Waals surface area contributed by atoms with E-state index in [1.165, 1.54) is 7.05 Å². The van der Waals surface area contributed by atoms with E-state index in [9.17, 15) is 20.2 Å². The van der Waals surface area contributed by atoms with Crippen LogP contribution < -0.4 is 14.8 Å². The van der Waals surface area contributed by atoms with E-state index in [2.05, 4.69) is 5.32 Å². The highest BCUT2D eigenvalue weighted by atomic mass is 16.6. The molecule has 1 aliphatic heterocycles. The maximum absolute atomic E-state index is 11.3. The van der Waals surface area contributed by atoms with Gasteiger partial charge in [-0.05, 0) is 25.1 Å². The second kappa shape index (κ2) is 6.29. The minimum atomic E-state index is -1.02. The number of nitrogens with zero attached hydrogens (tertiary/aromatic N) is 2. The Morgan fingerprint density at radius 2 is 2.09 bits per heavy atom. The lowest BCUT2D eigenvalue weighted by atomic mass is 9.93. The van der Waals surface area contributed by atoms with Gasteiger partial charge in [-0.2, -0.15) is 0 Å². The minimum Gasteiger partial charge on any atom is -0.494 e. The minimum absolute atomic E-state index is 0.0893. The highest BCUT2D eigenvalue weighted by Crippen LogP contribution is 2.40. The third-order valence-corrected chi connectivity index (χ3v) is 3.20. The first-order chi connectivity index (χ1) is 10.5. The molecule has 0 aromatic heterocycles. The third kappa shape index (κ3) is 2.92. The van der Waals surface area contributed by atoms with Crippen LogP contribution in [-0.4, -0.2) is 30.0 Å². The van der Waals surface area contributed by atoms with E-state index < -0.39 is 22.3 Å². The highest BCUT2D eigenvalue weighted by Gasteiger charge is 2.41. The predicted molar refractivity (Wildman–Crippen MR) is 75.9 cm³/mol. The number of nitrogens with one attached hydrogen (secondary N) is 1. The molecule has 9 heteroatoms. The van der Waals surface area contributed by atoms with E-state index in [1.54, 1.807) is 25.1 Å². The monoisotopic (exact) mass is 309 g/mol. The maximum atomic E-state index is 11.3. The Morgan fingerprint density at radius 1 is 1.36 bits per heavy atom. The second-order valence-corrected chi connectivity index (χ2v) is 4.52. The van der Waals surface area contributed by atoms with Gasteiger partial charge in [-0.1, -0.05) is 0 Å². The van der Waals surface area contributed by atoms with E-state index in [1.807, 2.05) is 0 Å². The molecule has 1 heterocycles. The lowest BCUT2D eigenvalue weighted by molar-refractivity contribution is -0.495. The molecule has 0 saturated heterocycles. The first-order valence-corrected chi connectivity index (χ1v) is 6.60. The van der Waals surface area contributed by atoms with Crippen LogP contribution in [0.2, 0.25) is 0 Å². The molecule has 9 nitrogen and oxygen atoms in total. The molecule has 0 fully saturated rings. The van der Waals surface area contributed by atoms with E-state index in [4.69, 9.17) is 9.47 Å². The third-order valence-electron chi connectivity index (χ3n) is 3.20. The molecule has 1 atom stereocenters. The number of ether oxygens (including phenoxy) is 2. The van der Waals surface area contributed by atoms with Crippen molar-refractivity contribution in [2.45, 2.75) is 12.8 Å². The van der Waals surface area contributed by atoms with Crippen molar-refractivity contribution in [1.29, 1.82) is 0 Å². The first kappa shape index (κ1) is 15.5. The standard InChI is InChI=1S/C13H15N3O6/c1-3-21-8-4-5-11-9(6-8)10(7-15(17)18)12(16(19)20)13(14-2)22-11/h4-6,10,14H,3,7H2,1-2H3. The number of nitro groups is 2. The van der Waals surface area contributed by atoms with Crippen molar-refractivity contribution in [3.63, 3.8) is 0 Å². The fourth-order valence-corrected chi connectivity index (χ4v) is 2.34. The van der Waals surface area contributed by atoms with Gasteiger partial charge in [0.25, 0.3) is 5.88 Å². The van der Waals surface area contributed by atoms with E-state index in [0.29, 0.717) is 23.7 Å². The molecule has 22 heavy (non-hydrogen) atoms. The molecule has 2 rings (SSSR count). The summed E-state index contributed by atoms with van der Waals surface area (Å²) in [5.41, 5.74) is 0.00805. The molecule has 0 radical (unpaired) electrons. The van der Waals surface area contributed by atoms with Crippen LogP contribution in [-0.2, 0) is 0 Å². The molecule has 1 unspecified atom stereocenters. The molecule has 0 spiro atoms. The van der Waals surface area contributed by atoms with E-state index in [-0.39, 0.29) is 11.6 Å². The molecule has 1 aliphatic rings. The van der Waals surface area contributed by atoms with Crippen molar-refractivity contribution >= 4 is 0 Å². The fourth-order valence-electron chi connectivity index (χ4n) is 2.34. The summed E-state index contributed by atoms with van der Waals surface area (Å²) in [6.07, 6.45) is 0. The van der Waals surface area contributed by atoms with Crippen molar-refractivity contribution in [3.8, 4) is 11.5 Å². The van der Waals surface area contributed by atoms with Crippen LogP contribution in [0.3, 0.4) is 0 Å². The average Bonchev–Trinajstić information content (AvgIpc) is 2.46. The quantitative estimate of drug-likeness (QED) is 0.625. The van der Waals surface area contributed by atoms with Crippen molar-refractivity contribution < 1.29 is 19.3 Å². The summed E-state index contributed by atoms with van der Waals surface area (Å²) in [6.45, 7) is 1.61. The van der Waals surface area contributed by atoms with Crippen LogP contribution in [0.5, 0.6) is 11.5 Å². The zero-order valence-corrected chi connectivity index (χ0v) is 12.1. The molecule has 0 saturated carbocycles. The Kier molecular flexibility index (Phi) is 4.44. The van der Waals surface area contributed by atoms with Crippen LogP contribution >= 0.6 is 0 Å². The van der Waals surface area contributed by atoms with E-state index in [0.717, 1.165) is 0 Å². The summed E-state index contributed by atoms with van der Waals surface area (Å²) in [4.78, 5) is 21.0. The summed E-state index contributed by atoms with van der Waals surface area (Å²) < 4.78 is 10.8. The normalized spacial score (nSPS) is 16.5. The van der Waals surface area contributed by atoms with Crippen LogP contribution in [0.25, 0.3) is 0 Å². The summed E-state index contributed by atoms with van der Waals surface area (Å²) in [7, 11) is 1.46. The lowest BCUT2D eigenvalue weighted by Crippen LogP contribution is -2.30. The Hall–Kier alpha value is -2.84. The smallest absolute Gasteiger partial charge is 0.319 e. The van der Waals surface area contributed by atoms with Gasteiger partial charge in [-0.25, -0.2) is 0 Å². The molecule has 1 N–H and O–H groups in total. The summed E-state index contributed by atoms with van der Waals surface area (Å²) in [5.74, 6) is -0.288. The van der Waals surface area contributed by atoms with Crippen LogP contribution in [0.4, 0.5) is 0 Å². The van der Waals surface area contributed by atoms with Crippen molar-refractivity contribution in [2.75, 3.05) is 20.2 Å². The summed E-state index contributed by atoms with van der Waals surface area (Å²) in [6, 6.07) is 4.78. The van der Waals surface area contributed by atoms with Gasteiger partial charge in [0.1, 0.15) is 17.4 Å². The maximum Gasteiger partial charge on any atom is 0.319 e. The van der Waals surface area contributed by atoms with Gasteiger partial charge in [-0.15, -0.1) is 0 Å². The largest absolute Gasteiger partial charge is 0.494 e. The Morgan fingerprint density at radius 3 is 2.64 bits per heavy atom. The van der Waals surface area contributed by atoms with Gasteiger partial charge in [0.2, 0.25) is 6.54 Å². The molecule has 0 aliphatic carbocycles. The summed E-state index contributed by atoms with van der Waals surface area (Å²) in [5, 5.41) is 24.8. The number of fused-ring (bicyclic) bond motifs is 1. The second-order valence-electron chi connectivity index (χ2n) is 4.52. The van der Waals surface area contributed by atoms with Gasteiger partial charge in [0, 0.05) is 17.5 Å². The topological polar surface area (TPSA) is 117 Å². The van der Waals surface area contributed by atoms with Gasteiger partial charge in [-0.3, -0.25) is 20.2 Å². The molecular formula is C13H15N3O6. The molecule has 1 aromatic rings. The summed E-state index contributed by atoms with van der Waals surface area (Å²) >= 11 is 0. The zero-order valence-electron chi connectivity index (χ0n) is 12.1. The average molecular weight is 309 g/mol. The molecule has 0 bridgehead atoms. The van der Waals surface area contributed by atoms with Gasteiger partial charge in [0.15, 0.2) is 0 Å². The SMILES string of the molecule is CCOc1ccc2c(c1)C(C[N+](=O)[O-])C([N+](=O)[O-])=C(NC)O2. The van der Waals surface area contributed by atoms with Gasteiger partial charge < -0.3 is 14.8 Å². The fraction of sp³-hybridized carbons (Fsp3) is 0.385. The number of benzene rings is 1. The number of hydrogen-bond acceptors (Lipinski definition) is 7. The predicted octanol–water partition coefficient (Wildman–Crippen LogP) is 1.50. The first-order valence-electron chi connectivity index (χ1n) is 6.60. The van der Waals surface area contributed by atoms with Crippen LogP contribution in [0.15, 0.2) is 29.8 Å². The number of hydrogen-bond donors (Lipinski definition) is 1. The molecular weight excluding hydrogens is 294 g/mol.